The summed E-state index contributed by atoms with van der Waals surface area (Å²) in [5, 5.41) is 5.48. The average molecular weight is 424 g/mol. The van der Waals surface area contributed by atoms with Crippen molar-refractivity contribution in [3.8, 4) is 0 Å². The molecule has 0 saturated heterocycles. The van der Waals surface area contributed by atoms with E-state index in [2.05, 4.69) is 10.6 Å². The average Bonchev–Trinajstić information content (AvgIpc) is 2.70. The number of carbonyl (C=O) groups excluding carboxylic acids is 3. The number of esters is 1. The zero-order valence-electron chi connectivity index (χ0n) is 17.6. The summed E-state index contributed by atoms with van der Waals surface area (Å²) in [6.45, 7) is 3.92. The summed E-state index contributed by atoms with van der Waals surface area (Å²) >= 11 is 1.61. The summed E-state index contributed by atoms with van der Waals surface area (Å²) in [6.07, 6.45) is 3.21. The second kappa shape index (κ2) is 13.2. The Morgan fingerprint density at radius 1 is 1.07 bits per heavy atom. The first-order valence-electron chi connectivity index (χ1n) is 9.75. The molecule has 0 radical (unpaired) electrons. The molecule has 1 rings (SSSR count). The van der Waals surface area contributed by atoms with Crippen molar-refractivity contribution in [3.05, 3.63) is 35.9 Å². The summed E-state index contributed by atoms with van der Waals surface area (Å²) in [7, 11) is 1.28. The standard InChI is InChI=1S/C21H33N3O4S/c1-14(2)12-17(23-19(25)16(22)10-11-29-4)20(26)24-18(21(27)28-3)13-15-8-6-5-7-9-15/h5-9,14,16-18H,10-13,22H2,1-4H3,(H,23,25)(H,24,26)/t16-,17-,18+/m1/s1. The summed E-state index contributed by atoms with van der Waals surface area (Å²) in [6, 6.07) is 7.07. The minimum Gasteiger partial charge on any atom is -0.467 e. The molecular formula is C21H33N3O4S. The van der Waals surface area contributed by atoms with Gasteiger partial charge in [0, 0.05) is 6.42 Å². The molecule has 29 heavy (non-hydrogen) atoms. The van der Waals surface area contributed by atoms with Crippen LogP contribution in [0, 0.1) is 5.92 Å². The van der Waals surface area contributed by atoms with Gasteiger partial charge < -0.3 is 21.1 Å². The Balaban J connectivity index is 2.86. The van der Waals surface area contributed by atoms with Crippen LogP contribution in [-0.4, -0.2) is 55.0 Å². The molecule has 0 fully saturated rings. The third-order valence-electron chi connectivity index (χ3n) is 4.39. The van der Waals surface area contributed by atoms with Gasteiger partial charge in [-0.3, -0.25) is 9.59 Å². The molecule has 0 aliphatic rings. The van der Waals surface area contributed by atoms with E-state index in [9.17, 15) is 14.4 Å². The molecule has 8 heteroatoms. The van der Waals surface area contributed by atoms with Gasteiger partial charge in [-0.25, -0.2) is 4.79 Å². The predicted octanol–water partition coefficient (Wildman–Crippen LogP) is 1.50. The Morgan fingerprint density at radius 3 is 2.24 bits per heavy atom. The topological polar surface area (TPSA) is 111 Å². The molecule has 4 N–H and O–H groups in total. The van der Waals surface area contributed by atoms with Gasteiger partial charge in [0.05, 0.1) is 13.2 Å². The molecule has 0 aromatic heterocycles. The Hall–Kier alpha value is -2.06. The van der Waals surface area contributed by atoms with Gasteiger partial charge in [0.15, 0.2) is 0 Å². The maximum absolute atomic E-state index is 12.9. The molecule has 3 atom stereocenters. The van der Waals surface area contributed by atoms with Gasteiger partial charge in [-0.15, -0.1) is 0 Å². The van der Waals surface area contributed by atoms with E-state index in [4.69, 9.17) is 10.5 Å². The van der Waals surface area contributed by atoms with Crippen molar-refractivity contribution in [2.24, 2.45) is 11.7 Å². The number of rotatable bonds is 12. The molecule has 7 nitrogen and oxygen atoms in total. The van der Waals surface area contributed by atoms with Crippen LogP contribution < -0.4 is 16.4 Å². The zero-order valence-corrected chi connectivity index (χ0v) is 18.5. The van der Waals surface area contributed by atoms with Gasteiger partial charge in [-0.1, -0.05) is 44.2 Å². The highest BCUT2D eigenvalue weighted by Gasteiger charge is 2.29. The number of thioether (sulfide) groups is 1. The highest BCUT2D eigenvalue weighted by atomic mass is 32.2. The molecule has 162 valence electrons. The van der Waals surface area contributed by atoms with Crippen LogP contribution >= 0.6 is 11.8 Å². The van der Waals surface area contributed by atoms with Crippen LogP contribution in [0.25, 0.3) is 0 Å². The van der Waals surface area contributed by atoms with E-state index in [-0.39, 0.29) is 11.8 Å². The zero-order chi connectivity index (χ0) is 21.8. The molecule has 0 unspecified atom stereocenters. The van der Waals surface area contributed by atoms with Crippen LogP contribution in [0.5, 0.6) is 0 Å². The summed E-state index contributed by atoms with van der Waals surface area (Å²) in [5.74, 6) is -0.391. The number of hydrogen-bond donors (Lipinski definition) is 3. The van der Waals surface area contributed by atoms with E-state index in [1.165, 1.54) is 7.11 Å². The Bertz CT molecular complexity index is 655. The lowest BCUT2D eigenvalue weighted by atomic mass is 10.0. The summed E-state index contributed by atoms with van der Waals surface area (Å²) < 4.78 is 4.85. The lowest BCUT2D eigenvalue weighted by Gasteiger charge is -2.24. The molecule has 0 bridgehead atoms. The van der Waals surface area contributed by atoms with Crippen molar-refractivity contribution in [2.75, 3.05) is 19.1 Å². The van der Waals surface area contributed by atoms with E-state index in [1.807, 2.05) is 50.4 Å². The van der Waals surface area contributed by atoms with Crippen LogP contribution in [0.2, 0.25) is 0 Å². The second-order valence-corrected chi connectivity index (χ2v) is 8.34. The number of methoxy groups -OCH3 is 1. The molecule has 0 aliphatic heterocycles. The van der Waals surface area contributed by atoms with Gasteiger partial charge in [0.25, 0.3) is 0 Å². The highest BCUT2D eigenvalue weighted by molar-refractivity contribution is 7.98. The van der Waals surface area contributed by atoms with E-state index in [1.54, 1.807) is 11.8 Å². The van der Waals surface area contributed by atoms with Crippen molar-refractivity contribution >= 4 is 29.5 Å². The molecular weight excluding hydrogens is 390 g/mol. The van der Waals surface area contributed by atoms with Crippen molar-refractivity contribution in [1.29, 1.82) is 0 Å². The number of hydrogen-bond acceptors (Lipinski definition) is 6. The molecule has 1 aromatic rings. The number of amides is 2. The quantitative estimate of drug-likeness (QED) is 0.440. The van der Waals surface area contributed by atoms with Crippen LogP contribution in [-0.2, 0) is 25.5 Å². The van der Waals surface area contributed by atoms with Crippen LogP contribution in [0.4, 0.5) is 0 Å². The summed E-state index contributed by atoms with van der Waals surface area (Å²) in [5.41, 5.74) is 6.82. The molecule has 1 aromatic carbocycles. The van der Waals surface area contributed by atoms with Crippen molar-refractivity contribution < 1.29 is 19.1 Å². The normalized spacial score (nSPS) is 14.0. The van der Waals surface area contributed by atoms with E-state index < -0.39 is 30.0 Å². The first-order valence-corrected chi connectivity index (χ1v) is 11.1. The van der Waals surface area contributed by atoms with E-state index >= 15 is 0 Å². The lowest BCUT2D eigenvalue weighted by molar-refractivity contribution is -0.145. The van der Waals surface area contributed by atoms with Crippen LogP contribution in [0.3, 0.4) is 0 Å². The number of nitrogens with one attached hydrogen (secondary N) is 2. The molecule has 0 spiro atoms. The number of ether oxygens (including phenoxy) is 1. The predicted molar refractivity (Wildman–Crippen MR) is 116 cm³/mol. The van der Waals surface area contributed by atoms with Crippen LogP contribution in [0.1, 0.15) is 32.3 Å². The fraction of sp³-hybridized carbons (Fsp3) is 0.571. The fourth-order valence-corrected chi connectivity index (χ4v) is 3.30. The minimum absolute atomic E-state index is 0.166. The molecule has 0 aliphatic carbocycles. The first-order chi connectivity index (χ1) is 13.8. The number of carbonyl (C=O) groups is 3. The molecule has 0 heterocycles. The first kappa shape index (κ1) is 25.0. The maximum atomic E-state index is 12.9. The molecule has 0 saturated carbocycles. The highest BCUT2D eigenvalue weighted by Crippen LogP contribution is 2.09. The monoisotopic (exact) mass is 423 g/mol. The molecule has 2 amide bonds. The van der Waals surface area contributed by atoms with Crippen molar-refractivity contribution in [1.82, 2.24) is 10.6 Å². The smallest absolute Gasteiger partial charge is 0.328 e. The SMILES string of the molecule is COC(=O)[C@H](Cc1ccccc1)NC(=O)[C@@H](CC(C)C)NC(=O)[C@H](N)CCSC. The van der Waals surface area contributed by atoms with Gasteiger partial charge in [0.2, 0.25) is 11.8 Å². The minimum atomic E-state index is -0.841. The third-order valence-corrected chi connectivity index (χ3v) is 5.04. The van der Waals surface area contributed by atoms with Crippen molar-refractivity contribution in [3.63, 3.8) is 0 Å². The largest absolute Gasteiger partial charge is 0.467 e. The lowest BCUT2D eigenvalue weighted by Crippen LogP contribution is -2.55. The van der Waals surface area contributed by atoms with E-state index in [0.29, 0.717) is 19.3 Å². The van der Waals surface area contributed by atoms with Gasteiger partial charge in [-0.2, -0.15) is 11.8 Å². The number of benzene rings is 1. The van der Waals surface area contributed by atoms with Crippen LogP contribution in [0.15, 0.2) is 30.3 Å². The maximum Gasteiger partial charge on any atom is 0.328 e. The number of nitrogens with two attached hydrogens (primary N) is 1. The fourth-order valence-electron chi connectivity index (χ4n) is 2.82. The Labute approximate surface area is 177 Å². The Kier molecular flexibility index (Phi) is 11.4. The van der Waals surface area contributed by atoms with Crippen molar-refractivity contribution in [2.45, 2.75) is 51.2 Å². The second-order valence-electron chi connectivity index (χ2n) is 7.35. The van der Waals surface area contributed by atoms with Gasteiger partial charge >= 0.3 is 5.97 Å². The summed E-state index contributed by atoms with van der Waals surface area (Å²) in [4.78, 5) is 37.5. The van der Waals surface area contributed by atoms with E-state index in [0.717, 1.165) is 11.3 Å². The Morgan fingerprint density at radius 2 is 1.69 bits per heavy atom. The third kappa shape index (κ3) is 9.32. The van der Waals surface area contributed by atoms with Gasteiger partial charge in [-0.05, 0) is 36.3 Å². The van der Waals surface area contributed by atoms with Gasteiger partial charge in [0.1, 0.15) is 12.1 Å².